The second-order valence-electron chi connectivity index (χ2n) is 7.82. The molecule has 0 unspecified atom stereocenters. The first-order valence-electron chi connectivity index (χ1n) is 10.1. The molecule has 27 heavy (non-hydrogen) atoms. The molecule has 1 aliphatic carbocycles. The van der Waals surface area contributed by atoms with Crippen LogP contribution in [0.3, 0.4) is 0 Å². The van der Waals surface area contributed by atoms with Crippen molar-refractivity contribution in [2.24, 2.45) is 4.99 Å². The zero-order valence-corrected chi connectivity index (χ0v) is 16.6. The van der Waals surface area contributed by atoms with Crippen LogP contribution in [0.2, 0.25) is 0 Å². The monoisotopic (exact) mass is 376 g/mol. The van der Waals surface area contributed by atoms with Crippen molar-refractivity contribution in [1.82, 2.24) is 15.5 Å². The SMILES string of the molecule is CN=C(NCC1(c2cccc(F)c2)CC1)NC1CCN(CCCOC)CC1. The molecule has 5 nitrogen and oxygen atoms in total. The van der Waals surface area contributed by atoms with Crippen LogP contribution in [0, 0.1) is 5.82 Å². The third-order valence-electron chi connectivity index (χ3n) is 5.86. The van der Waals surface area contributed by atoms with E-state index in [4.69, 9.17) is 4.74 Å². The average Bonchev–Trinajstić information content (AvgIpc) is 3.48. The highest BCUT2D eigenvalue weighted by Gasteiger charge is 2.44. The summed E-state index contributed by atoms with van der Waals surface area (Å²) < 4.78 is 18.7. The zero-order chi connectivity index (χ0) is 19.1. The number of likely N-dealkylation sites (tertiary alicyclic amines) is 1. The Morgan fingerprint density at radius 1 is 1.33 bits per heavy atom. The van der Waals surface area contributed by atoms with Gasteiger partial charge in [-0.15, -0.1) is 0 Å². The molecule has 2 N–H and O–H groups in total. The third kappa shape index (κ3) is 5.66. The maximum Gasteiger partial charge on any atom is 0.191 e. The predicted molar refractivity (Wildman–Crippen MR) is 108 cm³/mol. The molecule has 0 bridgehead atoms. The van der Waals surface area contributed by atoms with E-state index in [1.807, 2.05) is 13.1 Å². The van der Waals surface area contributed by atoms with Crippen LogP contribution in [0.1, 0.15) is 37.7 Å². The Morgan fingerprint density at radius 3 is 2.74 bits per heavy atom. The number of guanidine groups is 1. The smallest absolute Gasteiger partial charge is 0.191 e. The van der Waals surface area contributed by atoms with E-state index in [1.54, 1.807) is 19.2 Å². The second kappa shape index (κ2) is 9.51. The van der Waals surface area contributed by atoms with Crippen molar-refractivity contribution in [3.05, 3.63) is 35.6 Å². The molecule has 0 atom stereocenters. The summed E-state index contributed by atoms with van der Waals surface area (Å²) in [4.78, 5) is 6.90. The van der Waals surface area contributed by atoms with Crippen molar-refractivity contribution >= 4 is 5.96 Å². The number of rotatable bonds is 8. The van der Waals surface area contributed by atoms with Gasteiger partial charge in [0.1, 0.15) is 5.82 Å². The predicted octanol–water partition coefficient (Wildman–Crippen LogP) is 2.52. The summed E-state index contributed by atoms with van der Waals surface area (Å²) in [6.07, 6.45) is 5.55. The Labute approximate surface area is 162 Å². The summed E-state index contributed by atoms with van der Waals surface area (Å²) in [5.41, 5.74) is 1.15. The van der Waals surface area contributed by atoms with Crippen LogP contribution in [-0.4, -0.2) is 63.8 Å². The molecule has 1 saturated heterocycles. The van der Waals surface area contributed by atoms with Gasteiger partial charge in [0.25, 0.3) is 0 Å². The molecule has 2 aliphatic rings. The molecule has 1 aromatic rings. The van der Waals surface area contributed by atoms with Gasteiger partial charge in [-0.25, -0.2) is 4.39 Å². The first-order chi connectivity index (χ1) is 13.1. The fraction of sp³-hybridized carbons (Fsp3) is 0.667. The van der Waals surface area contributed by atoms with Crippen molar-refractivity contribution < 1.29 is 9.13 Å². The zero-order valence-electron chi connectivity index (χ0n) is 16.6. The second-order valence-corrected chi connectivity index (χ2v) is 7.82. The molecular formula is C21H33FN4O. The fourth-order valence-corrected chi connectivity index (χ4v) is 3.91. The number of benzene rings is 1. The molecule has 0 amide bonds. The number of aliphatic imine (C=N–C) groups is 1. The number of nitrogens with zero attached hydrogens (tertiary/aromatic N) is 2. The fourth-order valence-electron chi connectivity index (χ4n) is 3.91. The number of hydrogen-bond donors (Lipinski definition) is 2. The highest BCUT2D eigenvalue weighted by molar-refractivity contribution is 5.80. The lowest BCUT2D eigenvalue weighted by molar-refractivity contribution is 0.155. The van der Waals surface area contributed by atoms with Crippen LogP contribution < -0.4 is 10.6 Å². The van der Waals surface area contributed by atoms with Crippen LogP contribution in [0.25, 0.3) is 0 Å². The number of ether oxygens (including phenoxy) is 1. The van der Waals surface area contributed by atoms with E-state index in [2.05, 4.69) is 20.5 Å². The maximum atomic E-state index is 13.6. The minimum absolute atomic E-state index is 0.0600. The highest BCUT2D eigenvalue weighted by atomic mass is 19.1. The number of hydrogen-bond acceptors (Lipinski definition) is 3. The van der Waals surface area contributed by atoms with Crippen molar-refractivity contribution in [2.45, 2.75) is 43.6 Å². The highest BCUT2D eigenvalue weighted by Crippen LogP contribution is 2.47. The van der Waals surface area contributed by atoms with Crippen molar-refractivity contribution in [3.63, 3.8) is 0 Å². The van der Waals surface area contributed by atoms with Crippen LogP contribution in [0.15, 0.2) is 29.3 Å². The van der Waals surface area contributed by atoms with Crippen LogP contribution in [0.4, 0.5) is 4.39 Å². The molecule has 3 rings (SSSR count). The van der Waals surface area contributed by atoms with Gasteiger partial charge in [0, 0.05) is 58.4 Å². The number of halogens is 1. The largest absolute Gasteiger partial charge is 0.385 e. The standard InChI is InChI=1S/C21H33FN4O/c1-23-20(25-19-7-12-26(13-8-19)11-4-14-27-2)24-16-21(9-10-21)17-5-3-6-18(22)15-17/h3,5-6,15,19H,4,7-14,16H2,1-2H3,(H2,23,24,25). The van der Waals surface area contributed by atoms with E-state index in [1.165, 1.54) is 6.07 Å². The Hall–Kier alpha value is -1.66. The summed E-state index contributed by atoms with van der Waals surface area (Å²) in [5, 5.41) is 7.05. The van der Waals surface area contributed by atoms with Crippen molar-refractivity contribution in [3.8, 4) is 0 Å². The van der Waals surface area contributed by atoms with Crippen molar-refractivity contribution in [2.75, 3.05) is 46.9 Å². The van der Waals surface area contributed by atoms with Gasteiger partial charge < -0.3 is 20.3 Å². The molecule has 1 aromatic carbocycles. The normalized spacial score (nSPS) is 20.5. The average molecular weight is 377 g/mol. The molecule has 0 spiro atoms. The molecule has 150 valence electrons. The summed E-state index contributed by atoms with van der Waals surface area (Å²) in [6, 6.07) is 7.48. The molecule has 6 heteroatoms. The summed E-state index contributed by atoms with van der Waals surface area (Å²) >= 11 is 0. The quantitative estimate of drug-likeness (QED) is 0.416. The topological polar surface area (TPSA) is 48.9 Å². The van der Waals surface area contributed by atoms with Gasteiger partial charge in [-0.3, -0.25) is 4.99 Å². The molecule has 1 aliphatic heterocycles. The lowest BCUT2D eigenvalue weighted by Gasteiger charge is -2.33. The number of methoxy groups -OCH3 is 1. The molecule has 0 radical (unpaired) electrons. The van der Waals surface area contributed by atoms with Crippen LogP contribution >= 0.6 is 0 Å². The summed E-state index contributed by atoms with van der Waals surface area (Å²) in [6.45, 7) is 4.98. The van der Waals surface area contributed by atoms with E-state index < -0.39 is 0 Å². The van der Waals surface area contributed by atoms with Gasteiger partial charge in [-0.1, -0.05) is 12.1 Å². The van der Waals surface area contributed by atoms with Crippen LogP contribution in [-0.2, 0) is 10.2 Å². The molecule has 1 saturated carbocycles. The Balaban J connectivity index is 1.43. The Bertz CT molecular complexity index is 624. The van der Waals surface area contributed by atoms with E-state index in [0.717, 1.165) is 76.4 Å². The van der Waals surface area contributed by atoms with E-state index in [9.17, 15) is 4.39 Å². The molecule has 2 fully saturated rings. The van der Waals surface area contributed by atoms with E-state index in [0.29, 0.717) is 6.04 Å². The van der Waals surface area contributed by atoms with E-state index in [-0.39, 0.29) is 11.2 Å². The van der Waals surface area contributed by atoms with Gasteiger partial charge in [-0.2, -0.15) is 0 Å². The Kier molecular flexibility index (Phi) is 7.07. The third-order valence-corrected chi connectivity index (χ3v) is 5.86. The van der Waals surface area contributed by atoms with Crippen LogP contribution in [0.5, 0.6) is 0 Å². The van der Waals surface area contributed by atoms with Gasteiger partial charge in [0.15, 0.2) is 5.96 Å². The first kappa shape index (κ1) is 20.1. The Morgan fingerprint density at radius 2 is 2.11 bits per heavy atom. The summed E-state index contributed by atoms with van der Waals surface area (Å²) in [7, 11) is 3.58. The summed E-state index contributed by atoms with van der Waals surface area (Å²) in [5.74, 6) is 0.703. The number of piperidine rings is 1. The molecular weight excluding hydrogens is 343 g/mol. The van der Waals surface area contributed by atoms with Gasteiger partial charge in [0.05, 0.1) is 0 Å². The van der Waals surface area contributed by atoms with Gasteiger partial charge in [-0.05, 0) is 49.8 Å². The number of nitrogens with one attached hydrogen (secondary N) is 2. The first-order valence-corrected chi connectivity index (χ1v) is 10.1. The van der Waals surface area contributed by atoms with E-state index >= 15 is 0 Å². The minimum atomic E-state index is -0.154. The maximum absolute atomic E-state index is 13.6. The lowest BCUT2D eigenvalue weighted by atomic mass is 9.96. The molecule has 0 aromatic heterocycles. The van der Waals surface area contributed by atoms with Gasteiger partial charge in [0.2, 0.25) is 0 Å². The van der Waals surface area contributed by atoms with Gasteiger partial charge >= 0.3 is 0 Å². The minimum Gasteiger partial charge on any atom is -0.385 e. The van der Waals surface area contributed by atoms with Crippen molar-refractivity contribution in [1.29, 1.82) is 0 Å². The molecule has 1 heterocycles. The lowest BCUT2D eigenvalue weighted by Crippen LogP contribution is -2.50.